The van der Waals surface area contributed by atoms with Gasteiger partial charge in [0.15, 0.2) is 0 Å². The molecule has 1 N–H and O–H groups in total. The second kappa shape index (κ2) is 5.46. The Morgan fingerprint density at radius 1 is 1.62 bits per heavy atom. The third-order valence-electron chi connectivity index (χ3n) is 3.11. The largest absolute Gasteiger partial charge is 0.385 e. The fraction of sp³-hybridized carbons (Fsp3) is 0.750. The van der Waals surface area contributed by atoms with Crippen LogP contribution < -0.4 is 5.32 Å². The van der Waals surface area contributed by atoms with Gasteiger partial charge in [0.05, 0.1) is 12.0 Å². The molecule has 1 aliphatic rings. The molecule has 0 bridgehead atoms. The maximum atomic E-state index is 5.11. The first-order chi connectivity index (χ1) is 7.81. The second-order valence-electron chi connectivity index (χ2n) is 4.58. The molecule has 0 radical (unpaired) electrons. The highest BCUT2D eigenvalue weighted by Crippen LogP contribution is 2.20. The van der Waals surface area contributed by atoms with Crippen molar-refractivity contribution in [2.45, 2.75) is 44.8 Å². The minimum atomic E-state index is 0.457. The molecule has 1 unspecified atom stereocenters. The summed E-state index contributed by atoms with van der Waals surface area (Å²) >= 11 is 0. The van der Waals surface area contributed by atoms with E-state index >= 15 is 0 Å². The highest BCUT2D eigenvalue weighted by molar-refractivity contribution is 5.01. The van der Waals surface area contributed by atoms with Gasteiger partial charge in [0, 0.05) is 38.5 Å². The average Bonchev–Trinajstić information content (AvgIpc) is 3.00. The predicted octanol–water partition coefficient (Wildman–Crippen LogP) is 1.73. The van der Waals surface area contributed by atoms with Gasteiger partial charge in [-0.1, -0.05) is 0 Å². The smallest absolute Gasteiger partial charge is 0.0951 e. The number of hydrogen-bond donors (Lipinski definition) is 1. The van der Waals surface area contributed by atoms with Gasteiger partial charge in [-0.05, 0) is 26.2 Å². The minimum absolute atomic E-state index is 0.457. The number of rotatable bonds is 7. The zero-order valence-corrected chi connectivity index (χ0v) is 10.1. The van der Waals surface area contributed by atoms with Crippen molar-refractivity contribution in [2.75, 3.05) is 13.7 Å². The van der Waals surface area contributed by atoms with Crippen LogP contribution in [0.5, 0.6) is 0 Å². The lowest BCUT2D eigenvalue weighted by Crippen LogP contribution is -2.19. The quantitative estimate of drug-likeness (QED) is 0.765. The van der Waals surface area contributed by atoms with Crippen LogP contribution in [0.25, 0.3) is 0 Å². The molecule has 16 heavy (non-hydrogen) atoms. The van der Waals surface area contributed by atoms with Crippen molar-refractivity contribution in [3.05, 3.63) is 18.2 Å². The molecular formula is C12H21N3O. The van der Waals surface area contributed by atoms with Gasteiger partial charge in [-0.2, -0.15) is 0 Å². The van der Waals surface area contributed by atoms with Crippen LogP contribution in [0.4, 0.5) is 0 Å². The van der Waals surface area contributed by atoms with Crippen molar-refractivity contribution in [1.29, 1.82) is 0 Å². The van der Waals surface area contributed by atoms with Gasteiger partial charge >= 0.3 is 0 Å². The van der Waals surface area contributed by atoms with Gasteiger partial charge in [-0.15, -0.1) is 0 Å². The number of hydrogen-bond acceptors (Lipinski definition) is 3. The monoisotopic (exact) mass is 223 g/mol. The van der Waals surface area contributed by atoms with Gasteiger partial charge in [0.2, 0.25) is 0 Å². The highest BCUT2D eigenvalue weighted by Gasteiger charge is 2.20. The van der Waals surface area contributed by atoms with E-state index < -0.39 is 0 Å². The molecule has 4 heteroatoms. The molecule has 2 rings (SSSR count). The van der Waals surface area contributed by atoms with Crippen LogP contribution in [0.3, 0.4) is 0 Å². The SMILES string of the molecule is COCCC(C)n1cncc1CNC1CC1. The fourth-order valence-corrected chi connectivity index (χ4v) is 1.83. The summed E-state index contributed by atoms with van der Waals surface area (Å²) in [5.74, 6) is 0. The van der Waals surface area contributed by atoms with Crippen molar-refractivity contribution < 1.29 is 4.74 Å². The molecule has 0 amide bonds. The molecule has 1 fully saturated rings. The summed E-state index contributed by atoms with van der Waals surface area (Å²) in [6, 6.07) is 1.20. The summed E-state index contributed by atoms with van der Waals surface area (Å²) in [7, 11) is 1.75. The van der Waals surface area contributed by atoms with E-state index in [0.29, 0.717) is 6.04 Å². The Balaban J connectivity index is 1.88. The molecule has 1 aliphatic carbocycles. The van der Waals surface area contributed by atoms with E-state index in [9.17, 15) is 0 Å². The van der Waals surface area contributed by atoms with Crippen molar-refractivity contribution >= 4 is 0 Å². The molecule has 1 heterocycles. The van der Waals surface area contributed by atoms with Crippen molar-refractivity contribution in [3.8, 4) is 0 Å². The second-order valence-corrected chi connectivity index (χ2v) is 4.58. The first kappa shape index (κ1) is 11.6. The van der Waals surface area contributed by atoms with E-state index in [2.05, 4.69) is 21.8 Å². The first-order valence-electron chi connectivity index (χ1n) is 6.04. The summed E-state index contributed by atoms with van der Waals surface area (Å²) in [5, 5.41) is 3.52. The molecule has 0 aromatic carbocycles. The van der Waals surface area contributed by atoms with Crippen LogP contribution in [0, 0.1) is 0 Å². The molecule has 1 saturated carbocycles. The van der Waals surface area contributed by atoms with E-state index in [-0.39, 0.29) is 0 Å². The van der Waals surface area contributed by atoms with E-state index in [4.69, 9.17) is 4.74 Å². The predicted molar refractivity (Wildman–Crippen MR) is 63.3 cm³/mol. The lowest BCUT2D eigenvalue weighted by molar-refractivity contribution is 0.180. The molecule has 0 saturated heterocycles. The highest BCUT2D eigenvalue weighted by atomic mass is 16.5. The van der Waals surface area contributed by atoms with E-state index in [1.54, 1.807) is 7.11 Å². The van der Waals surface area contributed by atoms with Crippen LogP contribution in [-0.4, -0.2) is 29.3 Å². The Bertz CT molecular complexity index is 320. The van der Waals surface area contributed by atoms with Crippen LogP contribution in [-0.2, 0) is 11.3 Å². The molecular weight excluding hydrogens is 202 g/mol. The summed E-state index contributed by atoms with van der Waals surface area (Å²) in [4.78, 5) is 4.23. The van der Waals surface area contributed by atoms with Gasteiger partial charge < -0.3 is 14.6 Å². The van der Waals surface area contributed by atoms with Crippen LogP contribution >= 0.6 is 0 Å². The zero-order valence-electron chi connectivity index (χ0n) is 10.1. The summed E-state index contributed by atoms with van der Waals surface area (Å²) in [5.41, 5.74) is 1.27. The van der Waals surface area contributed by atoms with E-state index in [1.165, 1.54) is 18.5 Å². The Morgan fingerprint density at radius 3 is 3.12 bits per heavy atom. The third-order valence-corrected chi connectivity index (χ3v) is 3.11. The molecule has 1 atom stereocenters. The Hall–Kier alpha value is -0.870. The number of nitrogens with one attached hydrogen (secondary N) is 1. The summed E-state index contributed by atoms with van der Waals surface area (Å²) in [6.45, 7) is 3.94. The Morgan fingerprint density at radius 2 is 2.44 bits per heavy atom. The molecule has 0 spiro atoms. The Labute approximate surface area is 97.0 Å². The minimum Gasteiger partial charge on any atom is -0.385 e. The van der Waals surface area contributed by atoms with Crippen molar-refractivity contribution in [1.82, 2.24) is 14.9 Å². The number of ether oxygens (including phenoxy) is 1. The molecule has 4 nitrogen and oxygen atoms in total. The topological polar surface area (TPSA) is 39.1 Å². The zero-order chi connectivity index (χ0) is 11.4. The number of imidazole rings is 1. The average molecular weight is 223 g/mol. The number of nitrogens with zero attached hydrogens (tertiary/aromatic N) is 2. The van der Waals surface area contributed by atoms with E-state index in [0.717, 1.165) is 25.6 Å². The number of aromatic nitrogens is 2. The van der Waals surface area contributed by atoms with Crippen LogP contribution in [0.1, 0.15) is 37.9 Å². The summed E-state index contributed by atoms with van der Waals surface area (Å²) in [6.07, 6.45) is 7.56. The fourth-order valence-electron chi connectivity index (χ4n) is 1.83. The number of methoxy groups -OCH3 is 1. The van der Waals surface area contributed by atoms with Crippen LogP contribution in [0.15, 0.2) is 12.5 Å². The normalized spacial score (nSPS) is 17.6. The Kier molecular flexibility index (Phi) is 3.96. The lowest BCUT2D eigenvalue weighted by atomic mass is 10.2. The molecule has 1 aromatic rings. The van der Waals surface area contributed by atoms with Gasteiger partial charge in [0.1, 0.15) is 0 Å². The molecule has 1 aromatic heterocycles. The first-order valence-corrected chi connectivity index (χ1v) is 6.04. The van der Waals surface area contributed by atoms with Crippen LogP contribution in [0.2, 0.25) is 0 Å². The van der Waals surface area contributed by atoms with Gasteiger partial charge in [-0.25, -0.2) is 4.98 Å². The maximum absolute atomic E-state index is 5.11. The maximum Gasteiger partial charge on any atom is 0.0951 e. The summed E-state index contributed by atoms with van der Waals surface area (Å²) < 4.78 is 7.35. The van der Waals surface area contributed by atoms with E-state index in [1.807, 2.05) is 12.5 Å². The molecule has 0 aliphatic heterocycles. The van der Waals surface area contributed by atoms with Gasteiger partial charge in [0.25, 0.3) is 0 Å². The van der Waals surface area contributed by atoms with Crippen molar-refractivity contribution in [3.63, 3.8) is 0 Å². The molecule has 90 valence electrons. The van der Waals surface area contributed by atoms with Crippen molar-refractivity contribution in [2.24, 2.45) is 0 Å². The lowest BCUT2D eigenvalue weighted by Gasteiger charge is -2.16. The third kappa shape index (κ3) is 3.06. The van der Waals surface area contributed by atoms with Gasteiger partial charge in [-0.3, -0.25) is 0 Å². The standard InChI is InChI=1S/C12H21N3O/c1-10(5-6-16-2)15-9-13-7-12(15)8-14-11-3-4-11/h7,9-11,14H,3-6,8H2,1-2H3.